The molecule has 5 rings (SSSR count). The lowest BCUT2D eigenvalue weighted by molar-refractivity contribution is -0.0567. The molecule has 0 bridgehead atoms. The molecule has 2 aromatic heterocycles. The molecule has 7 atom stereocenters. The molecule has 3 N–H and O–H groups in total. The van der Waals surface area contributed by atoms with Crippen molar-refractivity contribution < 1.29 is 36.0 Å². The van der Waals surface area contributed by atoms with Crippen molar-refractivity contribution in [1.29, 1.82) is 0 Å². The number of azide groups is 1. The molecule has 0 aliphatic carbocycles. The van der Waals surface area contributed by atoms with Crippen molar-refractivity contribution in [3.8, 4) is 0 Å². The van der Waals surface area contributed by atoms with Gasteiger partial charge >= 0.3 is 11.4 Å². The maximum Gasteiger partial charge on any atom is 0.333 e. The van der Waals surface area contributed by atoms with Crippen LogP contribution in [-0.4, -0.2) is 91.6 Å². The molecule has 3 aliphatic heterocycles. The fourth-order valence-corrected chi connectivity index (χ4v) is 11.0. The van der Waals surface area contributed by atoms with Crippen molar-refractivity contribution >= 4 is 26.8 Å². The molecule has 0 saturated carbocycles. The third-order valence-electron chi connectivity index (χ3n) is 13.2. The SMILES string of the molecule is Cc1cn([C@@H]2O[C@H](CO[Si](C)(C)C(C)(C)C)[C@@]3(OS(=O)(=O)C=C3N)[C@H]2O[Si](C)(C)C(C)(C)C)c(=O)n(CCCCCn2c(=O)c(C)cn([C@H]3CC(N=[N+]=[N-])[C@@H](CO)O3)c2=O)c1=O. The Labute approximate surface area is 363 Å². The Balaban J connectivity index is 1.45. The van der Waals surface area contributed by atoms with Gasteiger partial charge in [0.05, 0.1) is 36.5 Å². The van der Waals surface area contributed by atoms with E-state index in [1.54, 1.807) is 13.8 Å². The largest absolute Gasteiger partial charge is 0.414 e. The van der Waals surface area contributed by atoms with Crippen LogP contribution in [0.3, 0.4) is 0 Å². The zero-order valence-electron chi connectivity index (χ0n) is 37.9. The lowest BCUT2D eigenvalue weighted by Crippen LogP contribution is -2.59. The van der Waals surface area contributed by atoms with Gasteiger partial charge in [0, 0.05) is 47.9 Å². The summed E-state index contributed by atoms with van der Waals surface area (Å²) in [5, 5.41) is 13.6. The quantitative estimate of drug-likeness (QED) is 0.0640. The number of aliphatic hydroxyl groups is 1. The van der Waals surface area contributed by atoms with E-state index in [0.29, 0.717) is 19.3 Å². The second kappa shape index (κ2) is 17.7. The molecule has 20 nitrogen and oxygen atoms in total. The van der Waals surface area contributed by atoms with Crippen LogP contribution in [0.15, 0.2) is 47.8 Å². The monoisotopic (exact) mass is 924 g/mol. The molecule has 0 radical (unpaired) electrons. The summed E-state index contributed by atoms with van der Waals surface area (Å²) in [4.78, 5) is 57.6. The second-order valence-corrected chi connectivity index (χ2v) is 30.6. The van der Waals surface area contributed by atoms with Crippen LogP contribution in [0.5, 0.6) is 0 Å². The van der Waals surface area contributed by atoms with Gasteiger partial charge in [0.2, 0.25) is 0 Å². The van der Waals surface area contributed by atoms with Crippen LogP contribution in [0.2, 0.25) is 36.3 Å². The highest BCUT2D eigenvalue weighted by atomic mass is 32.2. The zero-order chi connectivity index (χ0) is 46.5. The summed E-state index contributed by atoms with van der Waals surface area (Å²) in [7, 11) is -9.60. The Morgan fingerprint density at radius 3 is 1.92 bits per heavy atom. The van der Waals surface area contributed by atoms with Gasteiger partial charge in [-0.1, -0.05) is 46.7 Å². The van der Waals surface area contributed by atoms with E-state index in [-0.39, 0.29) is 53.0 Å². The summed E-state index contributed by atoms with van der Waals surface area (Å²) in [5.74, 6) is 0. The van der Waals surface area contributed by atoms with Crippen molar-refractivity contribution in [1.82, 2.24) is 18.3 Å². The van der Waals surface area contributed by atoms with Gasteiger partial charge in [-0.3, -0.25) is 27.9 Å². The average molecular weight is 925 g/mol. The number of aryl methyl sites for hydroxylation is 2. The van der Waals surface area contributed by atoms with E-state index in [4.69, 9.17) is 33.8 Å². The van der Waals surface area contributed by atoms with Gasteiger partial charge < -0.3 is 29.2 Å². The number of hydrogen-bond acceptors (Lipinski definition) is 14. The molecule has 62 heavy (non-hydrogen) atoms. The number of aromatic nitrogens is 4. The molecule has 0 amide bonds. The van der Waals surface area contributed by atoms with Crippen LogP contribution in [0, 0.1) is 13.8 Å². The van der Waals surface area contributed by atoms with Crippen molar-refractivity contribution in [3.63, 3.8) is 0 Å². The molecular weight excluding hydrogens is 861 g/mol. The van der Waals surface area contributed by atoms with E-state index in [0.717, 1.165) is 14.5 Å². The third-order valence-corrected chi connectivity index (χ3v) is 23.2. The van der Waals surface area contributed by atoms with Crippen molar-refractivity contribution in [3.05, 3.63) is 86.7 Å². The second-order valence-electron chi connectivity index (χ2n) is 19.6. The lowest BCUT2D eigenvalue weighted by atomic mass is 9.89. The van der Waals surface area contributed by atoms with Crippen LogP contribution in [0.25, 0.3) is 10.4 Å². The van der Waals surface area contributed by atoms with Gasteiger partial charge in [-0.15, -0.1) is 0 Å². The molecular formula is C39H64N8O12SSi2. The van der Waals surface area contributed by atoms with Crippen LogP contribution in [0.1, 0.15) is 90.8 Å². The predicted octanol–water partition coefficient (Wildman–Crippen LogP) is 3.99. The minimum Gasteiger partial charge on any atom is -0.414 e. The molecule has 2 aromatic rings. The normalized spacial score (nSPS) is 26.6. The van der Waals surface area contributed by atoms with Gasteiger partial charge in [-0.2, -0.15) is 8.42 Å². The summed E-state index contributed by atoms with van der Waals surface area (Å²) in [6, 6.07) is -0.695. The van der Waals surface area contributed by atoms with Gasteiger partial charge in [0.15, 0.2) is 28.5 Å². The highest BCUT2D eigenvalue weighted by Gasteiger charge is 2.67. The smallest absolute Gasteiger partial charge is 0.333 e. The number of unbranched alkanes of at least 4 members (excludes halogenated alkanes) is 2. The van der Waals surface area contributed by atoms with Crippen LogP contribution >= 0.6 is 0 Å². The minimum absolute atomic E-state index is 0.0258. The maximum atomic E-state index is 14.5. The van der Waals surface area contributed by atoms with Crippen molar-refractivity contribution in [2.75, 3.05) is 13.2 Å². The number of rotatable bonds is 15. The lowest BCUT2D eigenvalue weighted by Gasteiger charge is -2.43. The third kappa shape index (κ3) is 9.42. The van der Waals surface area contributed by atoms with E-state index >= 15 is 0 Å². The topological polar surface area (TPSA) is 263 Å². The van der Waals surface area contributed by atoms with E-state index in [1.807, 2.05) is 47.0 Å². The minimum atomic E-state index is -4.32. The molecule has 2 saturated heterocycles. The first kappa shape index (κ1) is 49.4. The Morgan fingerprint density at radius 2 is 1.44 bits per heavy atom. The molecule has 0 aromatic carbocycles. The molecule has 346 valence electrons. The first-order valence-corrected chi connectivity index (χ1v) is 28.2. The number of aliphatic hydroxyl groups excluding tert-OH is 1. The predicted molar refractivity (Wildman–Crippen MR) is 236 cm³/mol. The summed E-state index contributed by atoms with van der Waals surface area (Å²) in [6.07, 6.45) is -1.43. The summed E-state index contributed by atoms with van der Waals surface area (Å²) in [5.41, 5.74) is 11.6. The molecule has 1 spiro atoms. The van der Waals surface area contributed by atoms with E-state index in [9.17, 15) is 32.7 Å². The fraction of sp³-hybridized carbons (Fsp3) is 0.744. The van der Waals surface area contributed by atoms with Gasteiger partial charge in [-0.25, -0.2) is 13.8 Å². The number of nitrogens with zero attached hydrogens (tertiary/aromatic N) is 7. The van der Waals surface area contributed by atoms with Gasteiger partial charge in [0.1, 0.15) is 18.4 Å². The van der Waals surface area contributed by atoms with Crippen molar-refractivity contribution in [2.45, 2.75) is 173 Å². The zero-order valence-corrected chi connectivity index (χ0v) is 40.7. The first-order chi connectivity index (χ1) is 28.5. The Morgan fingerprint density at radius 1 is 0.903 bits per heavy atom. The average Bonchev–Trinajstić information content (AvgIpc) is 3.78. The van der Waals surface area contributed by atoms with Crippen molar-refractivity contribution in [2.24, 2.45) is 10.8 Å². The summed E-state index contributed by atoms with van der Waals surface area (Å²) >= 11 is 0. The maximum absolute atomic E-state index is 14.5. The first-order valence-electron chi connectivity index (χ1n) is 20.9. The highest BCUT2D eigenvalue weighted by Crippen LogP contribution is 2.52. The van der Waals surface area contributed by atoms with Gasteiger partial charge in [-0.05, 0) is 74.9 Å². The Bertz CT molecular complexity index is 2460. The number of nitrogens with two attached hydrogens (primary N) is 1. The summed E-state index contributed by atoms with van der Waals surface area (Å²) < 4.78 is 63.2. The molecule has 5 heterocycles. The number of hydrogen-bond donors (Lipinski definition) is 2. The van der Waals surface area contributed by atoms with E-state index in [1.165, 1.54) is 21.5 Å². The van der Waals surface area contributed by atoms with Crippen LogP contribution < -0.4 is 28.2 Å². The highest BCUT2D eigenvalue weighted by molar-refractivity contribution is 7.90. The van der Waals surface area contributed by atoms with Gasteiger partial charge in [0.25, 0.3) is 21.2 Å². The Hall–Kier alpha value is -3.65. The van der Waals surface area contributed by atoms with E-state index < -0.39 is 98.3 Å². The molecule has 3 aliphatic rings. The molecule has 2 fully saturated rings. The van der Waals surface area contributed by atoms with Crippen LogP contribution in [0.4, 0.5) is 0 Å². The van der Waals surface area contributed by atoms with E-state index in [2.05, 4.69) is 30.8 Å². The standard InChI is InChI=1S/C39H64N8O12SSi2/c1-24-19-46(30-18-26(42-43-41)27(21-48)56-30)35(51)44(32(24)49)16-14-13-15-17-45-33(50)25(2)20-47(36(45)52)34-31(58-62(11,12)38(6,7)8)39(28(40)23-60(53,54)59-39)29(57-34)22-55-61(9,10)37(3,4)5/h19-20,23,26-27,29-31,34,48H,13-18,21-22,40H2,1-12H3/t26?,27-,29-,30-,31+,34-,39-/m1/s1. The fourth-order valence-electron chi connectivity index (χ4n) is 7.47. The molecule has 23 heteroatoms. The number of ether oxygens (including phenoxy) is 2. The molecule has 1 unspecified atom stereocenters. The summed E-state index contributed by atoms with van der Waals surface area (Å²) in [6.45, 7) is 22.9. The van der Waals surface area contributed by atoms with Crippen LogP contribution in [-0.2, 0) is 45.7 Å². The Kier molecular flexibility index (Phi) is 14.1.